The molecule has 4 aromatic rings. The molecule has 2 heterocycles. The molecule has 0 saturated heterocycles. The number of carbonyl (C=O) groups is 2. The van der Waals surface area contributed by atoms with Crippen molar-refractivity contribution in [2.24, 2.45) is 0 Å². The summed E-state index contributed by atoms with van der Waals surface area (Å²) in [5.74, 6) is 1.06. The average Bonchev–Trinajstić information content (AvgIpc) is 3.43. The molecule has 0 fully saturated rings. The quantitative estimate of drug-likeness (QED) is 0.115. The van der Waals surface area contributed by atoms with Crippen molar-refractivity contribution in [3.8, 4) is 22.9 Å². The Kier molecular flexibility index (Phi) is 7.70. The highest BCUT2D eigenvalue weighted by Gasteiger charge is 2.45. The number of imidazole rings is 1. The number of nitrogens with one attached hydrogen (secondary N) is 2. The molecule has 11 nitrogen and oxygen atoms in total. The number of imide groups is 1. The van der Waals surface area contributed by atoms with E-state index < -0.39 is 10.3 Å². The van der Waals surface area contributed by atoms with Crippen molar-refractivity contribution < 1.29 is 24.0 Å². The summed E-state index contributed by atoms with van der Waals surface area (Å²) in [4.78, 5) is 47.3. The van der Waals surface area contributed by atoms with E-state index in [4.69, 9.17) is 9.47 Å². The lowest BCUT2D eigenvalue weighted by Crippen LogP contribution is -2.52. The molecule has 218 valence electrons. The van der Waals surface area contributed by atoms with E-state index in [1.807, 2.05) is 39.0 Å². The summed E-state index contributed by atoms with van der Waals surface area (Å²) in [6.07, 6.45) is 0.554. The fourth-order valence-electron chi connectivity index (χ4n) is 5.40. The zero-order valence-corrected chi connectivity index (χ0v) is 24.2. The summed E-state index contributed by atoms with van der Waals surface area (Å²) >= 11 is 0. The number of fused-ring (bicyclic) bond motifs is 3. The summed E-state index contributed by atoms with van der Waals surface area (Å²) in [7, 11) is 3.19. The number of nitro benzene ring substituents is 1. The smallest absolute Gasteiger partial charge is 0.270 e. The Bertz CT molecular complexity index is 1690. The zero-order chi connectivity index (χ0) is 30.2. The maximum Gasteiger partial charge on any atom is 0.270 e. The van der Waals surface area contributed by atoms with Gasteiger partial charge in [0, 0.05) is 30.3 Å². The van der Waals surface area contributed by atoms with Gasteiger partial charge in [0.1, 0.15) is 5.82 Å². The molecule has 0 radical (unpaired) electrons. The van der Waals surface area contributed by atoms with Crippen LogP contribution in [0, 0.1) is 10.1 Å². The van der Waals surface area contributed by atoms with Crippen LogP contribution in [0.25, 0.3) is 22.4 Å². The topological polar surface area (TPSA) is 140 Å². The van der Waals surface area contributed by atoms with Crippen molar-refractivity contribution in [3.05, 3.63) is 81.4 Å². The van der Waals surface area contributed by atoms with E-state index in [1.165, 1.54) is 17.0 Å². The third kappa shape index (κ3) is 5.07. The third-order valence-electron chi connectivity index (χ3n) is 7.82. The van der Waals surface area contributed by atoms with Crippen LogP contribution in [0.1, 0.15) is 54.7 Å². The number of carbonyl (C=O) groups excluding carboxylic acids is 2. The summed E-state index contributed by atoms with van der Waals surface area (Å²) in [5, 5.41) is 14.7. The third-order valence-corrected chi connectivity index (χ3v) is 7.82. The minimum atomic E-state index is -0.936. The lowest BCUT2D eigenvalue weighted by Gasteiger charge is -2.37. The lowest BCUT2D eigenvalue weighted by molar-refractivity contribution is -0.384. The number of aromatic amines is 1. The standard InChI is InChI=1S/C31H33N5O6/c1-18(19-10-13-24(41-4)25(17-19)42-5)32-14-7-15-35-29(37)26-22(31(2,3)30(35)38)11-12-23-27(26)34-28(33-23)20-8-6-9-21(16-20)36(39)40/h6,8-13,16-18,32H,7,14-15H2,1-5H3,(H,33,34). The number of nitrogens with zero attached hydrogens (tertiary/aromatic N) is 3. The number of aromatic nitrogens is 2. The molecule has 0 saturated carbocycles. The van der Waals surface area contributed by atoms with Crippen LogP contribution < -0.4 is 14.8 Å². The van der Waals surface area contributed by atoms with Gasteiger partial charge in [-0.15, -0.1) is 0 Å². The molecule has 0 aliphatic carbocycles. The SMILES string of the molecule is COc1ccc(C(C)NCCCN2C(=O)c3c(ccc4nc(-c5cccc([N+](=O)[O-])c5)[nH]c34)C(C)(C)C2=O)cc1OC. The van der Waals surface area contributed by atoms with Crippen LogP contribution in [0.15, 0.2) is 54.6 Å². The van der Waals surface area contributed by atoms with Crippen molar-refractivity contribution in [3.63, 3.8) is 0 Å². The van der Waals surface area contributed by atoms with E-state index in [9.17, 15) is 19.7 Å². The van der Waals surface area contributed by atoms with Gasteiger partial charge in [-0.05, 0) is 63.1 Å². The minimum Gasteiger partial charge on any atom is -0.493 e. The van der Waals surface area contributed by atoms with Crippen LogP contribution >= 0.6 is 0 Å². The second-order valence-electron chi connectivity index (χ2n) is 10.8. The van der Waals surface area contributed by atoms with Crippen LogP contribution in [0.3, 0.4) is 0 Å². The van der Waals surface area contributed by atoms with Crippen molar-refractivity contribution in [2.75, 3.05) is 27.3 Å². The highest BCUT2D eigenvalue weighted by atomic mass is 16.6. The second kappa shape index (κ2) is 11.2. The van der Waals surface area contributed by atoms with Crippen LogP contribution in [0.2, 0.25) is 0 Å². The molecule has 2 amide bonds. The first kappa shape index (κ1) is 28.7. The van der Waals surface area contributed by atoms with Gasteiger partial charge in [0.15, 0.2) is 11.5 Å². The summed E-state index contributed by atoms with van der Waals surface area (Å²) < 4.78 is 10.7. The maximum absolute atomic E-state index is 13.8. The Morgan fingerprint density at radius 3 is 2.55 bits per heavy atom. The van der Waals surface area contributed by atoms with E-state index in [0.717, 1.165) is 5.56 Å². The molecule has 2 N–H and O–H groups in total. The molecule has 3 aromatic carbocycles. The Balaban J connectivity index is 1.36. The Morgan fingerprint density at radius 2 is 1.83 bits per heavy atom. The molecule has 0 spiro atoms. The van der Waals surface area contributed by atoms with Crippen LogP contribution in [-0.4, -0.2) is 58.9 Å². The predicted octanol–water partition coefficient (Wildman–Crippen LogP) is 5.16. The number of rotatable bonds is 10. The van der Waals surface area contributed by atoms with Crippen molar-refractivity contribution in [1.82, 2.24) is 20.2 Å². The van der Waals surface area contributed by atoms with Crippen LogP contribution in [0.5, 0.6) is 11.5 Å². The molecular weight excluding hydrogens is 538 g/mol. The number of H-pyrrole nitrogens is 1. The van der Waals surface area contributed by atoms with E-state index >= 15 is 0 Å². The van der Waals surface area contributed by atoms with Gasteiger partial charge in [-0.25, -0.2) is 4.98 Å². The summed E-state index contributed by atoms with van der Waals surface area (Å²) in [6, 6.07) is 15.4. The fourth-order valence-corrected chi connectivity index (χ4v) is 5.40. The number of ether oxygens (including phenoxy) is 2. The van der Waals surface area contributed by atoms with Gasteiger partial charge in [-0.1, -0.05) is 24.3 Å². The van der Waals surface area contributed by atoms with Crippen molar-refractivity contribution in [1.29, 1.82) is 0 Å². The van der Waals surface area contributed by atoms with E-state index in [2.05, 4.69) is 15.3 Å². The molecule has 5 rings (SSSR count). The molecule has 1 unspecified atom stereocenters. The van der Waals surface area contributed by atoms with Gasteiger partial charge < -0.3 is 19.8 Å². The first-order valence-electron chi connectivity index (χ1n) is 13.7. The van der Waals surface area contributed by atoms with Crippen molar-refractivity contribution in [2.45, 2.75) is 38.6 Å². The Hall–Kier alpha value is -4.77. The van der Waals surface area contributed by atoms with Gasteiger partial charge in [0.05, 0.1) is 41.2 Å². The first-order valence-corrected chi connectivity index (χ1v) is 13.7. The highest BCUT2D eigenvalue weighted by Crippen LogP contribution is 2.38. The van der Waals surface area contributed by atoms with E-state index in [1.54, 1.807) is 38.5 Å². The van der Waals surface area contributed by atoms with Gasteiger partial charge >= 0.3 is 0 Å². The predicted molar refractivity (Wildman–Crippen MR) is 158 cm³/mol. The number of hydrogen-bond acceptors (Lipinski definition) is 8. The fraction of sp³-hybridized carbons (Fsp3) is 0.323. The molecule has 1 aliphatic heterocycles. The van der Waals surface area contributed by atoms with Gasteiger partial charge in [0.2, 0.25) is 5.91 Å². The summed E-state index contributed by atoms with van der Waals surface area (Å²) in [6.45, 7) is 6.48. The van der Waals surface area contributed by atoms with Gasteiger partial charge in [-0.2, -0.15) is 0 Å². The molecule has 42 heavy (non-hydrogen) atoms. The first-order chi connectivity index (χ1) is 20.1. The number of methoxy groups -OCH3 is 2. The molecule has 0 bridgehead atoms. The zero-order valence-electron chi connectivity index (χ0n) is 24.2. The van der Waals surface area contributed by atoms with Crippen molar-refractivity contribution >= 4 is 28.5 Å². The van der Waals surface area contributed by atoms with E-state index in [0.29, 0.717) is 58.0 Å². The van der Waals surface area contributed by atoms with E-state index in [-0.39, 0.29) is 30.1 Å². The molecular formula is C31H33N5O6. The molecule has 1 aromatic heterocycles. The number of amides is 2. The average molecular weight is 572 g/mol. The Morgan fingerprint density at radius 1 is 1.07 bits per heavy atom. The monoisotopic (exact) mass is 571 g/mol. The lowest BCUT2D eigenvalue weighted by atomic mass is 9.76. The van der Waals surface area contributed by atoms with Gasteiger partial charge in [0.25, 0.3) is 11.6 Å². The number of nitro groups is 1. The Labute approximate surface area is 243 Å². The minimum absolute atomic E-state index is 0.00609. The van der Waals surface area contributed by atoms with Gasteiger partial charge in [-0.3, -0.25) is 24.6 Å². The normalized spacial score (nSPS) is 15.0. The molecule has 11 heteroatoms. The molecule has 1 atom stereocenters. The van der Waals surface area contributed by atoms with Crippen LogP contribution in [0.4, 0.5) is 5.69 Å². The highest BCUT2D eigenvalue weighted by molar-refractivity contribution is 6.18. The maximum atomic E-state index is 13.8. The number of hydrogen-bond donors (Lipinski definition) is 2. The largest absolute Gasteiger partial charge is 0.493 e. The summed E-state index contributed by atoms with van der Waals surface area (Å²) in [5.41, 5.74) is 2.62. The number of non-ortho nitro benzene ring substituents is 1. The van der Waals surface area contributed by atoms with Crippen LogP contribution in [-0.2, 0) is 10.2 Å². The second-order valence-corrected chi connectivity index (χ2v) is 10.8. The number of benzene rings is 3. The molecule has 1 aliphatic rings.